The standard InChI is InChI=1S/C15H20N2O3S/c1-11-3-5-14(6-4-11)12(2)16-17-15(18)9-13-7-8-21(19,20)10-13/h3-6,13H,7-10H2,1-2H3,(H,17,18)/b16-12-/t13-/m1/s1. The Kier molecular flexibility index (Phi) is 4.77. The van der Waals surface area contributed by atoms with Gasteiger partial charge in [0.15, 0.2) is 9.84 Å². The fourth-order valence-corrected chi connectivity index (χ4v) is 4.21. The highest BCUT2D eigenvalue weighted by Crippen LogP contribution is 2.21. The highest BCUT2D eigenvalue weighted by Gasteiger charge is 2.29. The summed E-state index contributed by atoms with van der Waals surface area (Å²) in [5, 5.41) is 4.07. The van der Waals surface area contributed by atoms with E-state index >= 15 is 0 Å². The second-order valence-corrected chi connectivity index (χ2v) is 7.80. The molecule has 0 unspecified atom stereocenters. The van der Waals surface area contributed by atoms with Crippen LogP contribution in [0.4, 0.5) is 0 Å². The van der Waals surface area contributed by atoms with E-state index in [1.807, 2.05) is 38.1 Å². The summed E-state index contributed by atoms with van der Waals surface area (Å²) in [4.78, 5) is 11.8. The number of amides is 1. The largest absolute Gasteiger partial charge is 0.273 e. The number of nitrogens with zero attached hydrogens (tertiary/aromatic N) is 1. The van der Waals surface area contributed by atoms with E-state index < -0.39 is 9.84 Å². The molecule has 0 bridgehead atoms. The summed E-state index contributed by atoms with van der Waals surface area (Å²) < 4.78 is 22.7. The summed E-state index contributed by atoms with van der Waals surface area (Å²) in [5.41, 5.74) is 5.34. The number of hydrogen-bond acceptors (Lipinski definition) is 4. The zero-order chi connectivity index (χ0) is 15.5. The summed E-state index contributed by atoms with van der Waals surface area (Å²) >= 11 is 0. The third-order valence-electron chi connectivity index (χ3n) is 3.62. The Labute approximate surface area is 125 Å². The third kappa shape index (κ3) is 4.67. The molecule has 1 saturated heterocycles. The van der Waals surface area contributed by atoms with Crippen LogP contribution in [0.3, 0.4) is 0 Å². The molecule has 0 aliphatic carbocycles. The van der Waals surface area contributed by atoms with E-state index in [-0.39, 0.29) is 29.8 Å². The smallest absolute Gasteiger partial charge is 0.240 e. The fraction of sp³-hybridized carbons (Fsp3) is 0.467. The van der Waals surface area contributed by atoms with E-state index in [1.54, 1.807) is 0 Å². The predicted molar refractivity (Wildman–Crippen MR) is 82.9 cm³/mol. The lowest BCUT2D eigenvalue weighted by Crippen LogP contribution is -2.22. The van der Waals surface area contributed by atoms with Crippen molar-refractivity contribution in [2.45, 2.75) is 26.7 Å². The number of carbonyl (C=O) groups excluding carboxylic acids is 1. The minimum Gasteiger partial charge on any atom is -0.273 e. The summed E-state index contributed by atoms with van der Waals surface area (Å²) in [6, 6.07) is 7.87. The topological polar surface area (TPSA) is 75.6 Å². The molecule has 1 aliphatic rings. The minimum absolute atomic E-state index is 0.0788. The predicted octanol–water partition coefficient (Wildman–Crippen LogP) is 1.66. The van der Waals surface area contributed by atoms with Gasteiger partial charge >= 0.3 is 0 Å². The van der Waals surface area contributed by atoms with Gasteiger partial charge in [0.25, 0.3) is 0 Å². The molecule has 0 spiro atoms. The van der Waals surface area contributed by atoms with Crippen molar-refractivity contribution in [1.82, 2.24) is 5.43 Å². The fourth-order valence-electron chi connectivity index (χ4n) is 2.35. The van der Waals surface area contributed by atoms with Gasteiger partial charge in [0, 0.05) is 6.42 Å². The van der Waals surface area contributed by atoms with Crippen LogP contribution < -0.4 is 5.43 Å². The molecule has 6 heteroatoms. The normalized spacial score (nSPS) is 21.2. The Hall–Kier alpha value is -1.69. The first-order valence-electron chi connectivity index (χ1n) is 6.96. The van der Waals surface area contributed by atoms with Gasteiger partial charge in [0.1, 0.15) is 0 Å². The molecule has 1 aromatic rings. The van der Waals surface area contributed by atoms with Gasteiger partial charge in [-0.3, -0.25) is 4.79 Å². The average molecular weight is 308 g/mol. The maximum absolute atomic E-state index is 11.8. The number of sulfone groups is 1. The number of aryl methyl sites for hydroxylation is 1. The molecule has 114 valence electrons. The molecule has 1 aromatic carbocycles. The van der Waals surface area contributed by atoms with Gasteiger partial charge < -0.3 is 0 Å². The van der Waals surface area contributed by atoms with Crippen molar-refractivity contribution in [3.8, 4) is 0 Å². The van der Waals surface area contributed by atoms with E-state index in [2.05, 4.69) is 10.5 Å². The third-order valence-corrected chi connectivity index (χ3v) is 5.46. The lowest BCUT2D eigenvalue weighted by molar-refractivity contribution is -0.121. The van der Waals surface area contributed by atoms with Gasteiger partial charge in [-0.25, -0.2) is 13.8 Å². The Bertz CT molecular complexity index is 648. The first-order valence-corrected chi connectivity index (χ1v) is 8.78. The van der Waals surface area contributed by atoms with Crippen molar-refractivity contribution in [2.24, 2.45) is 11.0 Å². The van der Waals surface area contributed by atoms with Crippen molar-refractivity contribution < 1.29 is 13.2 Å². The van der Waals surface area contributed by atoms with Gasteiger partial charge in [-0.2, -0.15) is 5.10 Å². The van der Waals surface area contributed by atoms with Crippen LogP contribution in [-0.4, -0.2) is 31.5 Å². The number of hydrazone groups is 1. The zero-order valence-corrected chi connectivity index (χ0v) is 13.1. The van der Waals surface area contributed by atoms with Crippen LogP contribution in [-0.2, 0) is 14.6 Å². The summed E-state index contributed by atoms with van der Waals surface area (Å²) in [7, 11) is -2.94. The van der Waals surface area contributed by atoms with Crippen molar-refractivity contribution in [2.75, 3.05) is 11.5 Å². The van der Waals surface area contributed by atoms with E-state index in [1.165, 1.54) is 0 Å². The van der Waals surface area contributed by atoms with E-state index in [0.29, 0.717) is 6.42 Å². The van der Waals surface area contributed by atoms with E-state index in [0.717, 1.165) is 16.8 Å². The second kappa shape index (κ2) is 6.39. The molecule has 5 nitrogen and oxygen atoms in total. The maximum Gasteiger partial charge on any atom is 0.240 e. The van der Waals surface area contributed by atoms with Crippen molar-refractivity contribution in [1.29, 1.82) is 0 Å². The first kappa shape index (κ1) is 15.7. The van der Waals surface area contributed by atoms with Crippen LogP contribution in [0.5, 0.6) is 0 Å². The summed E-state index contributed by atoms with van der Waals surface area (Å²) in [5.74, 6) is -0.00837. The van der Waals surface area contributed by atoms with Crippen LogP contribution in [0.15, 0.2) is 29.4 Å². The van der Waals surface area contributed by atoms with Gasteiger partial charge in [0.05, 0.1) is 17.2 Å². The van der Waals surface area contributed by atoms with Gasteiger partial charge in [-0.15, -0.1) is 0 Å². The molecule has 1 amide bonds. The van der Waals surface area contributed by atoms with Crippen LogP contribution in [0.2, 0.25) is 0 Å². The Balaban J connectivity index is 1.88. The quantitative estimate of drug-likeness (QED) is 0.679. The Morgan fingerprint density at radius 3 is 2.57 bits per heavy atom. The Morgan fingerprint density at radius 1 is 1.33 bits per heavy atom. The van der Waals surface area contributed by atoms with Gasteiger partial charge in [-0.1, -0.05) is 29.8 Å². The highest BCUT2D eigenvalue weighted by atomic mass is 32.2. The molecular weight excluding hydrogens is 288 g/mol. The lowest BCUT2D eigenvalue weighted by Gasteiger charge is -2.06. The molecule has 1 N–H and O–H groups in total. The van der Waals surface area contributed by atoms with E-state index in [4.69, 9.17) is 0 Å². The van der Waals surface area contributed by atoms with Crippen molar-refractivity contribution >= 4 is 21.5 Å². The lowest BCUT2D eigenvalue weighted by atomic mass is 10.1. The highest BCUT2D eigenvalue weighted by molar-refractivity contribution is 7.91. The number of rotatable bonds is 4. The maximum atomic E-state index is 11.8. The molecule has 21 heavy (non-hydrogen) atoms. The molecular formula is C15H20N2O3S. The van der Waals surface area contributed by atoms with Crippen LogP contribution >= 0.6 is 0 Å². The van der Waals surface area contributed by atoms with Crippen molar-refractivity contribution in [3.05, 3.63) is 35.4 Å². The minimum atomic E-state index is -2.94. The molecule has 1 heterocycles. The molecule has 1 fully saturated rings. The van der Waals surface area contributed by atoms with Crippen LogP contribution in [0.25, 0.3) is 0 Å². The molecule has 2 rings (SSSR count). The Morgan fingerprint density at radius 2 is 2.00 bits per heavy atom. The first-order chi connectivity index (χ1) is 9.85. The summed E-state index contributed by atoms with van der Waals surface area (Å²) in [6.07, 6.45) is 0.778. The number of hydrogen-bond donors (Lipinski definition) is 1. The SMILES string of the molecule is C/C(=N/NC(=O)C[C@H]1CCS(=O)(=O)C1)c1ccc(C)cc1. The molecule has 0 radical (unpaired) electrons. The monoisotopic (exact) mass is 308 g/mol. The molecule has 0 aromatic heterocycles. The second-order valence-electron chi connectivity index (χ2n) is 5.57. The van der Waals surface area contributed by atoms with E-state index in [9.17, 15) is 13.2 Å². The number of nitrogens with one attached hydrogen (secondary N) is 1. The van der Waals surface area contributed by atoms with Crippen molar-refractivity contribution in [3.63, 3.8) is 0 Å². The van der Waals surface area contributed by atoms with Gasteiger partial charge in [-0.05, 0) is 31.7 Å². The average Bonchev–Trinajstić information content (AvgIpc) is 2.76. The van der Waals surface area contributed by atoms with Gasteiger partial charge in [0.2, 0.25) is 5.91 Å². The summed E-state index contributed by atoms with van der Waals surface area (Å²) in [6.45, 7) is 3.83. The van der Waals surface area contributed by atoms with Crippen LogP contribution in [0.1, 0.15) is 30.9 Å². The van der Waals surface area contributed by atoms with Crippen LogP contribution in [0, 0.1) is 12.8 Å². The number of carbonyl (C=O) groups is 1. The molecule has 0 saturated carbocycles. The number of benzene rings is 1. The molecule has 1 atom stereocenters. The zero-order valence-electron chi connectivity index (χ0n) is 12.3. The molecule has 1 aliphatic heterocycles.